The minimum absolute atomic E-state index is 0.00711. The van der Waals surface area contributed by atoms with Gasteiger partial charge in [0.15, 0.2) is 18.1 Å². The second kappa shape index (κ2) is 9.18. The summed E-state index contributed by atoms with van der Waals surface area (Å²) in [6.07, 6.45) is 2.89. The van der Waals surface area contributed by atoms with Crippen LogP contribution in [0.1, 0.15) is 50.8 Å². The Bertz CT molecular complexity index is 1630. The number of carbonyl (C=O) groups excluding carboxylic acids is 2. The van der Waals surface area contributed by atoms with E-state index in [1.54, 1.807) is 0 Å². The lowest BCUT2D eigenvalue weighted by molar-refractivity contribution is -0.118. The topological polar surface area (TPSA) is 154 Å². The van der Waals surface area contributed by atoms with Crippen molar-refractivity contribution < 1.29 is 19.4 Å². The largest absolute Gasteiger partial charge is 0.508 e. The third kappa shape index (κ3) is 4.07. The number of nitrogens with zero attached hydrogens (tertiary/aromatic N) is 3. The molecule has 2 aromatic heterocycles. The van der Waals surface area contributed by atoms with Crippen molar-refractivity contribution in [2.24, 2.45) is 0 Å². The predicted octanol–water partition coefficient (Wildman–Crippen LogP) is 3.55. The van der Waals surface area contributed by atoms with Crippen molar-refractivity contribution in [3.63, 3.8) is 0 Å². The molecule has 0 saturated heterocycles. The quantitative estimate of drug-likeness (QED) is 0.246. The smallest absolute Gasteiger partial charge is 0.272 e. The molecule has 0 radical (unpaired) electrons. The Balaban J connectivity index is 1.19. The number of hydrogen-bond acceptors (Lipinski definition) is 8. The van der Waals surface area contributed by atoms with Crippen LogP contribution >= 0.6 is 0 Å². The minimum atomic E-state index is -0.329. The Kier molecular flexibility index (Phi) is 5.67. The summed E-state index contributed by atoms with van der Waals surface area (Å²) in [7, 11) is 0. The number of carbonyl (C=O) groups is 2. The third-order valence-electron chi connectivity index (χ3n) is 7.01. The summed E-state index contributed by atoms with van der Waals surface area (Å²) in [4.78, 5) is 33.4. The summed E-state index contributed by atoms with van der Waals surface area (Å²) in [5.41, 5.74) is 6.51. The lowest BCUT2D eigenvalue weighted by atomic mass is 9.97. The number of rotatable bonds is 6. The van der Waals surface area contributed by atoms with Gasteiger partial charge in [0.2, 0.25) is 0 Å². The van der Waals surface area contributed by atoms with E-state index in [9.17, 15) is 14.7 Å². The van der Waals surface area contributed by atoms with Gasteiger partial charge in [-0.2, -0.15) is 5.10 Å². The highest BCUT2D eigenvalue weighted by Gasteiger charge is 2.28. The van der Waals surface area contributed by atoms with Gasteiger partial charge >= 0.3 is 0 Å². The molecule has 1 aliphatic heterocycles. The van der Waals surface area contributed by atoms with Gasteiger partial charge in [-0.1, -0.05) is 24.8 Å². The molecular formula is C27H25N7O4. The van der Waals surface area contributed by atoms with Crippen LogP contribution in [-0.2, 0) is 17.8 Å². The number of aromatic amines is 1. The summed E-state index contributed by atoms with van der Waals surface area (Å²) >= 11 is 0. The monoisotopic (exact) mass is 511 g/mol. The SMILES string of the molecule is C=C(O)c1ccc2c(c1C)CC[C@@H]2NC(=O)c1ncnc2c(NCc3ccc4c(c3)NC(=O)CO4)n[nH]c12. The van der Waals surface area contributed by atoms with E-state index >= 15 is 0 Å². The van der Waals surface area contributed by atoms with Gasteiger partial charge in [0.25, 0.3) is 11.8 Å². The lowest BCUT2D eigenvalue weighted by Gasteiger charge is -2.18. The fourth-order valence-corrected chi connectivity index (χ4v) is 5.13. The van der Waals surface area contributed by atoms with E-state index in [-0.39, 0.29) is 35.9 Å². The van der Waals surface area contributed by atoms with Crippen LogP contribution in [0.15, 0.2) is 43.2 Å². The molecule has 4 aromatic rings. The molecule has 5 N–H and O–H groups in total. The van der Waals surface area contributed by atoms with Gasteiger partial charge in [0.1, 0.15) is 28.9 Å². The fourth-order valence-electron chi connectivity index (χ4n) is 5.13. The van der Waals surface area contributed by atoms with Gasteiger partial charge in [0, 0.05) is 12.1 Å². The summed E-state index contributed by atoms with van der Waals surface area (Å²) in [5, 5.41) is 26.2. The Labute approximate surface area is 217 Å². The van der Waals surface area contributed by atoms with E-state index in [2.05, 4.69) is 42.7 Å². The van der Waals surface area contributed by atoms with Gasteiger partial charge in [-0.15, -0.1) is 0 Å². The van der Waals surface area contributed by atoms with E-state index in [1.165, 1.54) is 6.33 Å². The highest BCUT2D eigenvalue weighted by Crippen LogP contribution is 2.36. The Morgan fingerprint density at radius 2 is 2.13 bits per heavy atom. The number of H-pyrrole nitrogens is 1. The number of benzene rings is 2. The number of aliphatic hydroxyl groups is 1. The number of ether oxygens (including phenoxy) is 1. The maximum absolute atomic E-state index is 13.3. The van der Waals surface area contributed by atoms with Crippen molar-refractivity contribution in [3.05, 3.63) is 76.7 Å². The molecule has 2 aromatic carbocycles. The second-order valence-electron chi connectivity index (χ2n) is 9.36. The zero-order valence-electron chi connectivity index (χ0n) is 20.6. The maximum Gasteiger partial charge on any atom is 0.272 e. The first-order valence-corrected chi connectivity index (χ1v) is 12.2. The Morgan fingerprint density at radius 1 is 1.26 bits per heavy atom. The minimum Gasteiger partial charge on any atom is -0.508 e. The van der Waals surface area contributed by atoms with Crippen molar-refractivity contribution >= 4 is 40.1 Å². The average Bonchev–Trinajstić information content (AvgIpc) is 3.51. The highest BCUT2D eigenvalue weighted by molar-refractivity contribution is 6.05. The first kappa shape index (κ1) is 23.5. The summed E-state index contributed by atoms with van der Waals surface area (Å²) < 4.78 is 5.40. The van der Waals surface area contributed by atoms with Crippen LogP contribution in [0.3, 0.4) is 0 Å². The summed E-state index contributed by atoms with van der Waals surface area (Å²) in [6, 6.07) is 9.14. The number of aromatic nitrogens is 4. The van der Waals surface area contributed by atoms with Crippen LogP contribution in [-0.4, -0.2) is 43.7 Å². The predicted molar refractivity (Wildman–Crippen MR) is 141 cm³/mol. The van der Waals surface area contributed by atoms with Gasteiger partial charge in [-0.3, -0.25) is 14.7 Å². The zero-order chi connectivity index (χ0) is 26.4. The van der Waals surface area contributed by atoms with Crippen LogP contribution in [0, 0.1) is 6.92 Å². The third-order valence-corrected chi connectivity index (χ3v) is 7.01. The van der Waals surface area contributed by atoms with Gasteiger partial charge in [-0.05, 0) is 54.2 Å². The Hall–Kier alpha value is -4.93. The summed E-state index contributed by atoms with van der Waals surface area (Å²) in [5.74, 6) is 0.621. The molecule has 2 aliphatic rings. The molecule has 0 unspecified atom stereocenters. The zero-order valence-corrected chi connectivity index (χ0v) is 20.6. The fraction of sp³-hybridized carbons (Fsp3) is 0.222. The molecule has 192 valence electrons. The van der Waals surface area contributed by atoms with Gasteiger partial charge in [-0.25, -0.2) is 9.97 Å². The van der Waals surface area contributed by atoms with Crippen LogP contribution in [0.25, 0.3) is 16.8 Å². The van der Waals surface area contributed by atoms with Crippen LogP contribution in [0.5, 0.6) is 5.75 Å². The van der Waals surface area contributed by atoms with Gasteiger partial charge in [0.05, 0.1) is 11.7 Å². The molecule has 0 spiro atoms. The molecule has 38 heavy (non-hydrogen) atoms. The molecule has 0 saturated carbocycles. The molecule has 2 amide bonds. The summed E-state index contributed by atoms with van der Waals surface area (Å²) in [6.45, 7) is 6.01. The van der Waals surface area contributed by atoms with E-state index in [0.717, 1.165) is 40.7 Å². The van der Waals surface area contributed by atoms with Crippen molar-refractivity contribution in [2.75, 3.05) is 17.2 Å². The van der Waals surface area contributed by atoms with Gasteiger partial charge < -0.3 is 25.8 Å². The van der Waals surface area contributed by atoms with E-state index in [4.69, 9.17) is 4.74 Å². The Morgan fingerprint density at radius 3 is 2.97 bits per heavy atom. The van der Waals surface area contributed by atoms with E-state index < -0.39 is 0 Å². The van der Waals surface area contributed by atoms with Crippen molar-refractivity contribution in [1.82, 2.24) is 25.5 Å². The first-order chi connectivity index (χ1) is 18.4. The molecule has 0 bridgehead atoms. The normalized spacial score (nSPS) is 15.8. The van der Waals surface area contributed by atoms with Crippen LogP contribution in [0.2, 0.25) is 0 Å². The van der Waals surface area contributed by atoms with E-state index in [0.29, 0.717) is 34.8 Å². The number of anilines is 2. The molecule has 1 atom stereocenters. The van der Waals surface area contributed by atoms with Crippen molar-refractivity contribution in [2.45, 2.75) is 32.4 Å². The number of fused-ring (bicyclic) bond motifs is 3. The number of nitrogens with one attached hydrogen (secondary N) is 4. The number of hydrogen-bond donors (Lipinski definition) is 5. The molecule has 0 fully saturated rings. The second-order valence-corrected chi connectivity index (χ2v) is 9.36. The lowest BCUT2D eigenvalue weighted by Crippen LogP contribution is -2.28. The highest BCUT2D eigenvalue weighted by atomic mass is 16.5. The average molecular weight is 512 g/mol. The maximum atomic E-state index is 13.3. The standard InChI is InChI=1S/C27H25N7O4/c1-13-16(14(2)35)4-5-18-17(13)6-7-19(18)32-27(37)25-23-24(29-12-30-25)26(34-33-23)28-10-15-3-8-21-20(9-15)31-22(36)11-38-21/h3-5,8-9,12,19,35H,2,6-7,10-11H2,1H3,(H,31,36)(H,32,37)(H2,28,33,34)/t19-/m0/s1. The van der Waals surface area contributed by atoms with E-state index in [1.807, 2.05) is 37.3 Å². The molecule has 3 heterocycles. The van der Waals surface area contributed by atoms with Crippen molar-refractivity contribution in [3.8, 4) is 5.75 Å². The van der Waals surface area contributed by atoms with Crippen LogP contribution < -0.4 is 20.7 Å². The molecule has 6 rings (SSSR count). The van der Waals surface area contributed by atoms with Crippen molar-refractivity contribution in [1.29, 1.82) is 0 Å². The molecule has 11 nitrogen and oxygen atoms in total. The molecule has 1 aliphatic carbocycles. The first-order valence-electron chi connectivity index (χ1n) is 12.2. The molecular weight excluding hydrogens is 486 g/mol. The van der Waals surface area contributed by atoms with Crippen LogP contribution in [0.4, 0.5) is 11.5 Å². The number of amides is 2. The molecule has 11 heteroatoms. The number of aliphatic hydroxyl groups excluding tert-OH is 1.